The maximum absolute atomic E-state index is 13.3. The van der Waals surface area contributed by atoms with Gasteiger partial charge in [0.15, 0.2) is 5.78 Å². The minimum absolute atomic E-state index is 0. The van der Waals surface area contributed by atoms with Crippen LogP contribution in [0.2, 0.25) is 0 Å². The number of unbranched alkanes of at least 4 members (excludes halogenated alkanes) is 1. The Labute approximate surface area is 204 Å². The van der Waals surface area contributed by atoms with Crippen LogP contribution in [0, 0.1) is 0 Å². The fourth-order valence-corrected chi connectivity index (χ4v) is 4.20. The molecular formula is C24H28Cl2N4O3. The van der Waals surface area contributed by atoms with Crippen molar-refractivity contribution in [2.75, 3.05) is 13.1 Å². The van der Waals surface area contributed by atoms with Gasteiger partial charge in [-0.15, -0.1) is 24.8 Å². The van der Waals surface area contributed by atoms with E-state index in [9.17, 15) is 14.4 Å². The van der Waals surface area contributed by atoms with Crippen LogP contribution in [0.15, 0.2) is 53.3 Å². The number of hydrogen-bond acceptors (Lipinski definition) is 5. The van der Waals surface area contributed by atoms with Crippen LogP contribution in [-0.4, -0.2) is 35.4 Å². The lowest BCUT2D eigenvalue weighted by molar-refractivity contribution is -0.122. The van der Waals surface area contributed by atoms with Gasteiger partial charge in [0.25, 0.3) is 5.56 Å². The van der Waals surface area contributed by atoms with Gasteiger partial charge in [-0.05, 0) is 25.5 Å². The Balaban J connectivity index is 0.00000193. The molecule has 1 amide bonds. The second kappa shape index (κ2) is 11.4. The van der Waals surface area contributed by atoms with Gasteiger partial charge in [0.2, 0.25) is 5.91 Å². The standard InChI is InChI=1S/C24H26N4O3.2ClH/c25-12-6-5-11-19(26)23(30)27-13-14-28-21-16-8-2-3-9-17(16)22(29)20(21)15-7-1-4-10-18(15)24(28)31;;/h1-4,7-10,19H,5-6,11-14,25-26H2,(H,27,30);2*1H/t19-;;/m0../s1. The predicted molar refractivity (Wildman–Crippen MR) is 135 cm³/mol. The number of hydrogen-bond donors (Lipinski definition) is 3. The molecule has 0 radical (unpaired) electrons. The van der Waals surface area contributed by atoms with Crippen molar-refractivity contribution in [3.8, 4) is 11.3 Å². The van der Waals surface area contributed by atoms with Crippen molar-refractivity contribution in [3.63, 3.8) is 0 Å². The molecule has 0 saturated carbocycles. The number of amides is 1. The van der Waals surface area contributed by atoms with E-state index in [2.05, 4.69) is 5.32 Å². The molecule has 0 unspecified atom stereocenters. The van der Waals surface area contributed by atoms with E-state index in [0.717, 1.165) is 18.4 Å². The van der Waals surface area contributed by atoms with E-state index < -0.39 is 6.04 Å². The summed E-state index contributed by atoms with van der Waals surface area (Å²) in [6.45, 7) is 1.06. The highest BCUT2D eigenvalue weighted by Crippen LogP contribution is 2.38. The fourth-order valence-electron chi connectivity index (χ4n) is 4.20. The highest BCUT2D eigenvalue weighted by molar-refractivity contribution is 6.26. The first-order valence-corrected chi connectivity index (χ1v) is 10.6. The highest BCUT2D eigenvalue weighted by Gasteiger charge is 2.32. The van der Waals surface area contributed by atoms with Crippen LogP contribution in [0.5, 0.6) is 0 Å². The molecule has 4 rings (SSSR count). The quantitative estimate of drug-likeness (QED) is 0.328. The van der Waals surface area contributed by atoms with Crippen LogP contribution >= 0.6 is 24.8 Å². The van der Waals surface area contributed by atoms with Gasteiger partial charge in [0.05, 0.1) is 17.3 Å². The number of nitrogens with zero attached hydrogens (tertiary/aromatic N) is 1. The zero-order valence-corrected chi connectivity index (χ0v) is 19.7. The van der Waals surface area contributed by atoms with Crippen LogP contribution in [0.25, 0.3) is 22.0 Å². The first-order valence-electron chi connectivity index (χ1n) is 10.6. The van der Waals surface area contributed by atoms with E-state index in [0.29, 0.717) is 40.6 Å². The summed E-state index contributed by atoms with van der Waals surface area (Å²) in [5, 5.41) is 3.97. The lowest BCUT2D eigenvalue weighted by Crippen LogP contribution is -2.42. The van der Waals surface area contributed by atoms with E-state index in [1.807, 2.05) is 30.3 Å². The summed E-state index contributed by atoms with van der Waals surface area (Å²) in [5.74, 6) is -0.333. The largest absolute Gasteiger partial charge is 0.353 e. The molecule has 33 heavy (non-hydrogen) atoms. The third-order valence-electron chi connectivity index (χ3n) is 5.77. The third kappa shape index (κ3) is 4.96. The smallest absolute Gasteiger partial charge is 0.259 e. The monoisotopic (exact) mass is 490 g/mol. The molecule has 5 N–H and O–H groups in total. The van der Waals surface area contributed by atoms with Crippen LogP contribution in [0.1, 0.15) is 35.2 Å². The summed E-state index contributed by atoms with van der Waals surface area (Å²) in [7, 11) is 0. The molecular weight excluding hydrogens is 463 g/mol. The van der Waals surface area contributed by atoms with Crippen LogP contribution in [-0.2, 0) is 11.3 Å². The lowest BCUT2D eigenvalue weighted by Gasteiger charge is -2.16. The van der Waals surface area contributed by atoms with Crippen molar-refractivity contribution >= 4 is 47.3 Å². The van der Waals surface area contributed by atoms with Gasteiger partial charge in [-0.1, -0.05) is 48.9 Å². The Morgan fingerprint density at radius 1 is 0.939 bits per heavy atom. The summed E-state index contributed by atoms with van der Waals surface area (Å²) < 4.78 is 1.60. The number of nitrogens with one attached hydrogen (secondary N) is 1. The summed E-state index contributed by atoms with van der Waals surface area (Å²) in [6.07, 6.45) is 2.19. The molecule has 176 valence electrons. The molecule has 0 aliphatic heterocycles. The minimum Gasteiger partial charge on any atom is -0.353 e. The molecule has 3 aromatic rings. The number of carbonyl (C=O) groups excluding carboxylic acids is 2. The molecule has 0 saturated heterocycles. The summed E-state index contributed by atoms with van der Waals surface area (Å²) >= 11 is 0. The first-order chi connectivity index (χ1) is 15.0. The van der Waals surface area contributed by atoms with Gasteiger partial charge in [-0.3, -0.25) is 14.4 Å². The normalized spacial score (nSPS) is 12.4. The van der Waals surface area contributed by atoms with Gasteiger partial charge >= 0.3 is 0 Å². The molecule has 1 atom stereocenters. The Kier molecular flexibility index (Phi) is 9.19. The van der Waals surface area contributed by atoms with Crippen molar-refractivity contribution in [2.45, 2.75) is 31.8 Å². The summed E-state index contributed by atoms with van der Waals surface area (Å²) in [6, 6.07) is 13.9. The molecule has 0 fully saturated rings. The van der Waals surface area contributed by atoms with Crippen molar-refractivity contribution in [3.05, 3.63) is 70.0 Å². The number of pyridine rings is 1. The number of carbonyl (C=O) groups is 2. The second-order valence-corrected chi connectivity index (χ2v) is 7.78. The SMILES string of the molecule is Cl.Cl.NCCCC[C@H](N)C(=O)NCCn1c2c(c3ccccc3c1=O)C(=O)c1ccccc1-2. The predicted octanol–water partition coefficient (Wildman–Crippen LogP) is 2.63. The van der Waals surface area contributed by atoms with E-state index in [4.69, 9.17) is 11.5 Å². The minimum atomic E-state index is -0.604. The number of ketones is 1. The zero-order chi connectivity index (χ0) is 22.0. The number of halogens is 2. The van der Waals surface area contributed by atoms with Gasteiger partial charge < -0.3 is 21.4 Å². The van der Waals surface area contributed by atoms with Crippen molar-refractivity contribution in [1.29, 1.82) is 0 Å². The Morgan fingerprint density at radius 2 is 1.58 bits per heavy atom. The van der Waals surface area contributed by atoms with Crippen LogP contribution in [0.3, 0.4) is 0 Å². The van der Waals surface area contributed by atoms with Gasteiger partial charge in [0.1, 0.15) is 0 Å². The molecule has 0 spiro atoms. The molecule has 1 aromatic heterocycles. The maximum atomic E-state index is 13.3. The lowest BCUT2D eigenvalue weighted by atomic mass is 10.0. The molecule has 9 heteroatoms. The topological polar surface area (TPSA) is 120 Å². The average molecular weight is 491 g/mol. The van der Waals surface area contributed by atoms with E-state index in [1.54, 1.807) is 22.8 Å². The van der Waals surface area contributed by atoms with Crippen LogP contribution in [0.4, 0.5) is 0 Å². The van der Waals surface area contributed by atoms with Gasteiger partial charge in [-0.2, -0.15) is 0 Å². The molecule has 7 nitrogen and oxygen atoms in total. The number of aromatic nitrogens is 1. The Bertz CT molecular complexity index is 1230. The maximum Gasteiger partial charge on any atom is 0.259 e. The van der Waals surface area contributed by atoms with Crippen molar-refractivity contribution in [2.24, 2.45) is 11.5 Å². The van der Waals surface area contributed by atoms with Gasteiger partial charge in [-0.25, -0.2) is 0 Å². The van der Waals surface area contributed by atoms with Gasteiger partial charge in [0, 0.05) is 35.0 Å². The fraction of sp³-hybridized carbons (Fsp3) is 0.292. The number of fused-ring (bicyclic) bond motifs is 5. The first kappa shape index (κ1) is 26.5. The van der Waals surface area contributed by atoms with Crippen molar-refractivity contribution < 1.29 is 9.59 Å². The van der Waals surface area contributed by atoms with E-state index in [1.165, 1.54) is 0 Å². The zero-order valence-electron chi connectivity index (χ0n) is 18.1. The summed E-state index contributed by atoms with van der Waals surface area (Å²) in [5.41, 5.74) is 13.7. The van der Waals surface area contributed by atoms with E-state index in [-0.39, 0.29) is 55.2 Å². The summed E-state index contributed by atoms with van der Waals surface area (Å²) in [4.78, 5) is 38.7. The number of rotatable bonds is 8. The Hall–Kier alpha value is -2.71. The van der Waals surface area contributed by atoms with Crippen LogP contribution < -0.4 is 22.3 Å². The molecule has 0 bridgehead atoms. The number of benzene rings is 2. The Morgan fingerprint density at radius 3 is 2.27 bits per heavy atom. The van der Waals surface area contributed by atoms with Crippen molar-refractivity contribution in [1.82, 2.24) is 9.88 Å². The molecule has 2 aromatic carbocycles. The molecule has 1 aliphatic carbocycles. The second-order valence-electron chi connectivity index (χ2n) is 7.78. The van der Waals surface area contributed by atoms with E-state index >= 15 is 0 Å². The number of nitrogens with two attached hydrogens (primary N) is 2. The molecule has 1 aliphatic rings. The highest BCUT2D eigenvalue weighted by atomic mass is 35.5. The average Bonchev–Trinajstić information content (AvgIpc) is 3.09. The third-order valence-corrected chi connectivity index (χ3v) is 5.77. The molecule has 1 heterocycles.